The molecule has 6 heterocycles. The Bertz CT molecular complexity index is 2780. The highest BCUT2D eigenvalue weighted by Crippen LogP contribution is 2.59. The van der Waals surface area contributed by atoms with Gasteiger partial charge in [-0.05, 0) is 98.8 Å². The number of anilines is 2. The summed E-state index contributed by atoms with van der Waals surface area (Å²) >= 11 is 7.00. The predicted octanol–water partition coefficient (Wildman–Crippen LogP) is 6.04. The van der Waals surface area contributed by atoms with Crippen molar-refractivity contribution >= 4 is 116 Å². The van der Waals surface area contributed by atoms with E-state index in [0.717, 1.165) is 38.0 Å². The molecular weight excluding hydrogens is 804 g/mol. The van der Waals surface area contributed by atoms with Gasteiger partial charge in [-0.2, -0.15) is 0 Å². The van der Waals surface area contributed by atoms with E-state index in [4.69, 9.17) is 4.99 Å². The Hall–Kier alpha value is -4.50. The number of aromatic nitrogens is 2. The molecule has 0 fully saturated rings. The normalized spacial score (nSPS) is 24.1. The first-order valence-corrected chi connectivity index (χ1v) is 19.3. The third-order valence-electron chi connectivity index (χ3n) is 10.00. The number of phenolic OH excluding ortho intramolecular Hbond substituents is 1. The first kappa shape index (κ1) is 30.3. The van der Waals surface area contributed by atoms with Gasteiger partial charge < -0.3 is 20.7 Å². The lowest BCUT2D eigenvalue weighted by molar-refractivity contribution is -0.111. The van der Waals surface area contributed by atoms with E-state index in [1.807, 2.05) is 36.6 Å². The second-order valence-corrected chi connectivity index (χ2v) is 16.5. The molecule has 2 aliphatic carbocycles. The molecule has 2 unspecified atom stereocenters. The molecule has 14 heteroatoms. The predicted molar refractivity (Wildman–Crippen MR) is 205 cm³/mol. The van der Waals surface area contributed by atoms with E-state index in [2.05, 4.69) is 57.5 Å². The van der Waals surface area contributed by atoms with Gasteiger partial charge >= 0.3 is 0 Å². The Balaban J connectivity index is 1.15. The van der Waals surface area contributed by atoms with Crippen LogP contribution in [0.5, 0.6) is 5.75 Å². The van der Waals surface area contributed by atoms with Crippen LogP contribution < -0.4 is 26.6 Å². The lowest BCUT2D eigenvalue weighted by Gasteiger charge is -2.39. The maximum absolute atomic E-state index is 13.9. The number of nitrogens with one attached hydrogen (secondary N) is 3. The minimum Gasteiger partial charge on any atom is -0.504 e. The molecule has 2 spiro atoms. The van der Waals surface area contributed by atoms with Gasteiger partial charge in [-0.15, -0.1) is 0 Å². The number of ketones is 2. The quantitative estimate of drug-likeness (QED) is 0.144. The third-order valence-corrected chi connectivity index (χ3v) is 13.9. The molecule has 6 aliphatic rings. The molecule has 10 nitrogen and oxygen atoms in total. The van der Waals surface area contributed by atoms with Gasteiger partial charge in [0.2, 0.25) is 5.43 Å². The highest BCUT2D eigenvalue weighted by Gasteiger charge is 2.47. The number of aromatic amines is 1. The van der Waals surface area contributed by atoms with Gasteiger partial charge in [-0.3, -0.25) is 29.4 Å². The number of carbonyl (C=O) groups excluding carboxylic acids is 2. The van der Waals surface area contributed by atoms with Gasteiger partial charge in [0, 0.05) is 62.1 Å². The number of carbonyl (C=O) groups is 2. The molecule has 4 N–H and O–H groups in total. The van der Waals surface area contributed by atoms with Crippen molar-refractivity contribution in [2.45, 2.75) is 17.3 Å². The van der Waals surface area contributed by atoms with Crippen LogP contribution in [0.1, 0.15) is 17.5 Å². The molecule has 0 radical (unpaired) electrons. The molecule has 2 aromatic heterocycles. The maximum atomic E-state index is 13.9. The largest absolute Gasteiger partial charge is 0.504 e. The monoisotopic (exact) mass is 822 g/mol. The summed E-state index contributed by atoms with van der Waals surface area (Å²) < 4.78 is 0.740. The highest BCUT2D eigenvalue weighted by molar-refractivity contribution is 9.12. The van der Waals surface area contributed by atoms with Crippen molar-refractivity contribution in [3.63, 3.8) is 0 Å². The summed E-state index contributed by atoms with van der Waals surface area (Å²) in [6, 6.07) is 1.88. The molecule has 50 heavy (non-hydrogen) atoms. The molecule has 10 rings (SSSR count). The van der Waals surface area contributed by atoms with E-state index in [-0.39, 0.29) is 22.7 Å². The van der Waals surface area contributed by atoms with Crippen LogP contribution in [0.3, 0.4) is 0 Å². The van der Waals surface area contributed by atoms with E-state index in [1.165, 1.54) is 21.6 Å². The fourth-order valence-corrected chi connectivity index (χ4v) is 11.6. The number of aliphatic imine (C=N–C) groups is 1. The molecule has 0 amide bonds. The number of nitrogens with zero attached hydrogens (tertiary/aromatic N) is 3. The molecule has 244 valence electrons. The van der Waals surface area contributed by atoms with Gasteiger partial charge in [-0.25, -0.2) is 0 Å². The summed E-state index contributed by atoms with van der Waals surface area (Å²) in [6.07, 6.45) is 20.3. The van der Waals surface area contributed by atoms with Crippen molar-refractivity contribution < 1.29 is 14.7 Å². The first-order chi connectivity index (χ1) is 24.2. The Morgan fingerprint density at radius 3 is 2.30 bits per heavy atom. The highest BCUT2D eigenvalue weighted by atomic mass is 79.9. The van der Waals surface area contributed by atoms with Gasteiger partial charge in [0.1, 0.15) is 11.2 Å². The van der Waals surface area contributed by atoms with Gasteiger partial charge in [0.05, 0.1) is 42.0 Å². The molecule has 4 aromatic rings. The van der Waals surface area contributed by atoms with Crippen LogP contribution in [0.4, 0.5) is 17.1 Å². The van der Waals surface area contributed by atoms with Crippen LogP contribution in [-0.4, -0.2) is 39.4 Å². The van der Waals surface area contributed by atoms with Crippen LogP contribution >= 0.6 is 53.4 Å². The number of fused-ring (bicyclic) bond motifs is 6. The number of allylic oxidation sites excluding steroid dienone is 10. The summed E-state index contributed by atoms with van der Waals surface area (Å²) in [4.78, 5) is 59.2. The van der Waals surface area contributed by atoms with Crippen LogP contribution in [0, 0.1) is 0 Å². The standard InChI is InChI=1S/C36H20Br2N6O4S2/c37-17-11-35(3-7-41-31-25(35)27-23-15(1-5-39-27)13-43-29(23)33(31)47)21(9-19(17)45)49-50-22-10-20(46)18(38)12-36(22)4-8-42-32-26(36)28-24-16(2-6-40-28)14-44-30(24)34(32)48/h1,3-5,7-14,39,41-42,48H,2,6H2. The number of hydrogen-bond donors (Lipinski definition) is 4. The molecule has 0 saturated carbocycles. The van der Waals surface area contributed by atoms with Crippen LogP contribution in [0.2, 0.25) is 0 Å². The van der Waals surface area contributed by atoms with Gasteiger partial charge in [0.15, 0.2) is 17.3 Å². The molecule has 0 saturated heterocycles. The summed E-state index contributed by atoms with van der Waals surface area (Å²) in [5.41, 5.74) is 2.55. The zero-order valence-electron chi connectivity index (χ0n) is 25.4. The van der Waals surface area contributed by atoms with E-state index in [0.29, 0.717) is 59.9 Å². The second kappa shape index (κ2) is 10.5. The number of aromatic hydroxyl groups is 1. The molecule has 0 bridgehead atoms. The number of halogens is 2. The van der Waals surface area contributed by atoms with E-state index >= 15 is 0 Å². The van der Waals surface area contributed by atoms with Gasteiger partial charge in [-0.1, -0.05) is 21.6 Å². The van der Waals surface area contributed by atoms with Gasteiger partial charge in [0.25, 0.3) is 0 Å². The molecule has 2 atom stereocenters. The minimum atomic E-state index is -1.04. The Morgan fingerprint density at radius 2 is 1.58 bits per heavy atom. The zero-order valence-corrected chi connectivity index (χ0v) is 30.2. The third kappa shape index (κ3) is 3.87. The summed E-state index contributed by atoms with van der Waals surface area (Å²) in [5, 5.41) is 21.0. The fourth-order valence-electron chi connectivity index (χ4n) is 7.79. The van der Waals surface area contributed by atoms with Crippen molar-refractivity contribution in [1.29, 1.82) is 0 Å². The zero-order chi connectivity index (χ0) is 34.1. The van der Waals surface area contributed by atoms with E-state index in [1.54, 1.807) is 37.0 Å². The smallest absolute Gasteiger partial charge is 0.228 e. The van der Waals surface area contributed by atoms with Crippen molar-refractivity contribution in [2.24, 2.45) is 9.98 Å². The van der Waals surface area contributed by atoms with Crippen molar-refractivity contribution in [3.05, 3.63) is 118 Å². The van der Waals surface area contributed by atoms with Crippen LogP contribution in [0.25, 0.3) is 27.4 Å². The molecule has 4 aliphatic heterocycles. The molecule has 2 aromatic carbocycles. The van der Waals surface area contributed by atoms with Crippen molar-refractivity contribution in [2.75, 3.05) is 17.2 Å². The SMILES string of the molecule is O=C1C=C(SSC2=CC(=O)C(Br)=CC23C=CNc2c3c3[nH]ccc4cnc(c2=O)c43)C2(C=CNc3c(O)c4c5c(c32)=NCCC=5C=N4)C=C1Br. The topological polar surface area (TPSA) is 149 Å². The Labute approximate surface area is 306 Å². The summed E-state index contributed by atoms with van der Waals surface area (Å²) in [6.45, 7) is 0.565. The van der Waals surface area contributed by atoms with E-state index in [9.17, 15) is 19.5 Å². The number of phenols is 1. The number of rotatable bonds is 3. The number of hydrogen-bond acceptors (Lipinski definition) is 11. The van der Waals surface area contributed by atoms with Crippen molar-refractivity contribution in [3.8, 4) is 5.75 Å². The second-order valence-electron chi connectivity index (χ2n) is 12.5. The Morgan fingerprint density at radius 1 is 0.900 bits per heavy atom. The first-order valence-electron chi connectivity index (χ1n) is 15.5. The maximum Gasteiger partial charge on any atom is 0.228 e. The number of benzene rings is 2. The van der Waals surface area contributed by atoms with E-state index < -0.39 is 10.8 Å². The van der Waals surface area contributed by atoms with Crippen molar-refractivity contribution in [1.82, 2.24) is 9.97 Å². The summed E-state index contributed by atoms with van der Waals surface area (Å²) in [7, 11) is 2.69. The number of H-pyrrole nitrogens is 1. The summed E-state index contributed by atoms with van der Waals surface area (Å²) in [5.74, 6) is -0.420. The average molecular weight is 825 g/mol. The number of pyridine rings is 1. The van der Waals surface area contributed by atoms with Crippen LogP contribution in [-0.2, 0) is 20.4 Å². The minimum absolute atomic E-state index is 0.0202. The lowest BCUT2D eigenvalue weighted by atomic mass is 9.73. The average Bonchev–Trinajstić information content (AvgIpc) is 3.76. The lowest BCUT2D eigenvalue weighted by Crippen LogP contribution is -2.43. The Kier molecular flexibility index (Phi) is 6.38. The van der Waals surface area contributed by atoms with Crippen LogP contribution in [0.15, 0.2) is 101 Å². The molecular formula is C36H20Br2N6O4S2. The fraction of sp³-hybridized carbons (Fsp3) is 0.111.